The molecule has 1 atom stereocenters. The van der Waals surface area contributed by atoms with Crippen molar-refractivity contribution in [3.63, 3.8) is 0 Å². The molecule has 33 heavy (non-hydrogen) atoms. The fourth-order valence-electron chi connectivity index (χ4n) is 4.34. The zero-order chi connectivity index (χ0) is 23.1. The van der Waals surface area contributed by atoms with Crippen LogP contribution in [0, 0.1) is 6.92 Å². The molecule has 5 rings (SSSR count). The Morgan fingerprint density at radius 3 is 2.79 bits per heavy atom. The number of cyclic esters (lactones) is 1. The Labute approximate surface area is 201 Å². The molecular formula is C24H26BrN5O3. The number of methoxy groups -OCH3 is 1. The van der Waals surface area contributed by atoms with Gasteiger partial charge in [-0.1, -0.05) is 22.0 Å². The molecule has 2 fully saturated rings. The third-order valence-electron chi connectivity index (χ3n) is 6.41. The first-order valence-electron chi connectivity index (χ1n) is 10.9. The number of carbonyl (C=O) groups excluding carboxylic acids is 1. The number of fused-ring (bicyclic) bond motifs is 1. The van der Waals surface area contributed by atoms with E-state index in [-0.39, 0.29) is 12.2 Å². The Morgan fingerprint density at radius 2 is 2.03 bits per heavy atom. The van der Waals surface area contributed by atoms with E-state index in [2.05, 4.69) is 42.7 Å². The summed E-state index contributed by atoms with van der Waals surface area (Å²) < 4.78 is 11.9. The lowest BCUT2D eigenvalue weighted by molar-refractivity contribution is 0.0957. The van der Waals surface area contributed by atoms with E-state index >= 15 is 0 Å². The van der Waals surface area contributed by atoms with E-state index in [4.69, 9.17) is 9.47 Å². The maximum absolute atomic E-state index is 12.5. The van der Waals surface area contributed by atoms with E-state index in [0.717, 1.165) is 45.5 Å². The van der Waals surface area contributed by atoms with Crippen molar-refractivity contribution in [2.24, 2.45) is 0 Å². The topological polar surface area (TPSA) is 71.0 Å². The Hall–Kier alpha value is -2.91. The van der Waals surface area contributed by atoms with Gasteiger partial charge in [-0.2, -0.15) is 0 Å². The van der Waals surface area contributed by atoms with Crippen molar-refractivity contribution in [2.45, 2.75) is 19.1 Å². The van der Waals surface area contributed by atoms with Crippen molar-refractivity contribution in [1.82, 2.24) is 14.9 Å². The molecule has 0 N–H and O–H groups in total. The number of amides is 1. The van der Waals surface area contributed by atoms with Gasteiger partial charge < -0.3 is 14.4 Å². The Bertz CT molecular complexity index is 1200. The molecule has 2 aromatic heterocycles. The van der Waals surface area contributed by atoms with Crippen LogP contribution in [0.1, 0.15) is 5.56 Å². The number of rotatable bonds is 6. The number of hydrogen-bond donors (Lipinski definition) is 0. The molecule has 0 unspecified atom stereocenters. The number of likely N-dealkylation sites (N-methyl/N-ethyl adjacent to an activating group) is 1. The van der Waals surface area contributed by atoms with Crippen LogP contribution in [0.15, 0.2) is 47.1 Å². The molecular weight excluding hydrogens is 486 g/mol. The fraction of sp³-hybridized carbons (Fsp3) is 0.375. The average Bonchev–Trinajstić information content (AvgIpc) is 3.14. The summed E-state index contributed by atoms with van der Waals surface area (Å²) >= 11 is 3.55. The van der Waals surface area contributed by atoms with Crippen molar-refractivity contribution in [1.29, 1.82) is 0 Å². The summed E-state index contributed by atoms with van der Waals surface area (Å²) in [4.78, 5) is 27.8. The summed E-state index contributed by atoms with van der Waals surface area (Å²) in [5.41, 5.74) is 4.75. The van der Waals surface area contributed by atoms with Gasteiger partial charge in [-0.3, -0.25) is 14.8 Å². The molecule has 0 saturated carbocycles. The molecule has 1 aromatic carbocycles. The molecule has 0 bridgehead atoms. The zero-order valence-corrected chi connectivity index (χ0v) is 20.4. The molecule has 9 heteroatoms. The van der Waals surface area contributed by atoms with Gasteiger partial charge in [0, 0.05) is 48.1 Å². The standard InChI is InChI=1S/C24H26BrN5O3/c1-15-4-5-16(10-19(15)25)30-14-18(33-24(30)31)13-28(2)17-11-29(12-17)21-8-9-26-20-6-7-22(32-3)27-23(20)21/h4-10,17-18H,11-14H2,1-3H3/t18-/m1/s1. The van der Waals surface area contributed by atoms with Crippen molar-refractivity contribution < 1.29 is 14.3 Å². The van der Waals surface area contributed by atoms with Crippen LogP contribution in [0.3, 0.4) is 0 Å². The second kappa shape index (κ2) is 8.79. The Kier molecular flexibility index (Phi) is 5.84. The first-order chi connectivity index (χ1) is 15.9. The maximum Gasteiger partial charge on any atom is 0.414 e. The molecule has 2 aliphatic rings. The predicted molar refractivity (Wildman–Crippen MR) is 131 cm³/mol. The minimum absolute atomic E-state index is 0.163. The minimum Gasteiger partial charge on any atom is -0.481 e. The van der Waals surface area contributed by atoms with Crippen molar-refractivity contribution in [2.75, 3.05) is 50.1 Å². The Morgan fingerprint density at radius 1 is 1.21 bits per heavy atom. The summed E-state index contributed by atoms with van der Waals surface area (Å²) in [5, 5.41) is 0. The number of aromatic nitrogens is 2. The number of hydrogen-bond acceptors (Lipinski definition) is 7. The monoisotopic (exact) mass is 511 g/mol. The summed E-state index contributed by atoms with van der Waals surface area (Å²) in [7, 11) is 3.71. The SMILES string of the molecule is COc1ccc2nccc(N3CC(N(C)C[C@@H]4CN(c5ccc(C)c(Br)c5)C(=O)O4)C3)c2n1. The largest absolute Gasteiger partial charge is 0.481 e. The lowest BCUT2D eigenvalue weighted by Crippen LogP contribution is -2.59. The number of nitrogens with zero attached hydrogens (tertiary/aromatic N) is 5. The van der Waals surface area contributed by atoms with Gasteiger partial charge in [0.2, 0.25) is 5.88 Å². The second-order valence-corrected chi connectivity index (χ2v) is 9.45. The van der Waals surface area contributed by atoms with Crippen LogP contribution < -0.4 is 14.5 Å². The van der Waals surface area contributed by atoms with E-state index in [9.17, 15) is 4.79 Å². The van der Waals surface area contributed by atoms with E-state index in [0.29, 0.717) is 25.0 Å². The second-order valence-electron chi connectivity index (χ2n) is 8.60. The van der Waals surface area contributed by atoms with Crippen LogP contribution in [-0.2, 0) is 4.74 Å². The van der Waals surface area contributed by atoms with Crippen LogP contribution in [0.25, 0.3) is 11.0 Å². The lowest BCUT2D eigenvalue weighted by atomic mass is 10.1. The van der Waals surface area contributed by atoms with Crippen molar-refractivity contribution in [3.8, 4) is 5.88 Å². The van der Waals surface area contributed by atoms with Gasteiger partial charge in [-0.25, -0.2) is 9.78 Å². The number of anilines is 2. The van der Waals surface area contributed by atoms with Gasteiger partial charge in [-0.05, 0) is 43.8 Å². The highest BCUT2D eigenvalue weighted by atomic mass is 79.9. The van der Waals surface area contributed by atoms with Crippen LogP contribution in [0.2, 0.25) is 0 Å². The number of aryl methyl sites for hydroxylation is 1. The smallest absolute Gasteiger partial charge is 0.414 e. The molecule has 2 aliphatic heterocycles. The van der Waals surface area contributed by atoms with Gasteiger partial charge in [0.15, 0.2) is 0 Å². The van der Waals surface area contributed by atoms with E-state index < -0.39 is 0 Å². The number of carbonyl (C=O) groups is 1. The number of ether oxygens (including phenoxy) is 2. The third-order valence-corrected chi connectivity index (χ3v) is 7.26. The van der Waals surface area contributed by atoms with Crippen LogP contribution in [-0.4, -0.2) is 73.4 Å². The fourth-order valence-corrected chi connectivity index (χ4v) is 4.71. The summed E-state index contributed by atoms with van der Waals surface area (Å²) in [5.74, 6) is 0.583. The molecule has 3 aromatic rings. The van der Waals surface area contributed by atoms with Gasteiger partial charge in [0.1, 0.15) is 11.6 Å². The van der Waals surface area contributed by atoms with E-state index in [1.807, 2.05) is 49.5 Å². The van der Waals surface area contributed by atoms with Crippen LogP contribution >= 0.6 is 15.9 Å². The molecule has 1 amide bonds. The first kappa shape index (κ1) is 21.9. The molecule has 0 radical (unpaired) electrons. The molecule has 0 spiro atoms. The Balaban J connectivity index is 1.21. The van der Waals surface area contributed by atoms with Gasteiger partial charge >= 0.3 is 6.09 Å². The van der Waals surface area contributed by atoms with Gasteiger partial charge in [0.05, 0.1) is 24.9 Å². The molecule has 4 heterocycles. The van der Waals surface area contributed by atoms with Gasteiger partial charge in [0.25, 0.3) is 0 Å². The van der Waals surface area contributed by atoms with Crippen LogP contribution in [0.5, 0.6) is 5.88 Å². The predicted octanol–water partition coefficient (Wildman–Crippen LogP) is 3.86. The highest BCUT2D eigenvalue weighted by Gasteiger charge is 2.37. The first-order valence-corrected chi connectivity index (χ1v) is 11.7. The van der Waals surface area contributed by atoms with E-state index in [1.165, 1.54) is 0 Å². The maximum atomic E-state index is 12.5. The third kappa shape index (κ3) is 4.22. The highest BCUT2D eigenvalue weighted by Crippen LogP contribution is 2.31. The number of benzene rings is 1. The van der Waals surface area contributed by atoms with Gasteiger partial charge in [-0.15, -0.1) is 0 Å². The molecule has 0 aliphatic carbocycles. The highest BCUT2D eigenvalue weighted by molar-refractivity contribution is 9.10. The van der Waals surface area contributed by atoms with Crippen molar-refractivity contribution >= 4 is 44.4 Å². The minimum atomic E-state index is -0.289. The quantitative estimate of drug-likeness (QED) is 0.497. The lowest BCUT2D eigenvalue weighted by Gasteiger charge is -2.45. The number of halogens is 1. The summed E-state index contributed by atoms with van der Waals surface area (Å²) in [6, 6.07) is 12.1. The zero-order valence-electron chi connectivity index (χ0n) is 18.9. The molecule has 172 valence electrons. The summed E-state index contributed by atoms with van der Waals surface area (Å²) in [6.07, 6.45) is 1.37. The average molecular weight is 512 g/mol. The molecule has 8 nitrogen and oxygen atoms in total. The normalized spacial score (nSPS) is 18.7. The summed E-state index contributed by atoms with van der Waals surface area (Å²) in [6.45, 7) is 5.02. The molecule has 2 saturated heterocycles. The number of pyridine rings is 2. The van der Waals surface area contributed by atoms with Crippen LogP contribution in [0.4, 0.5) is 16.2 Å². The van der Waals surface area contributed by atoms with Crippen molar-refractivity contribution in [3.05, 3.63) is 52.6 Å². The van der Waals surface area contributed by atoms with E-state index in [1.54, 1.807) is 12.0 Å².